The molecule has 1 amide bonds. The van der Waals surface area contributed by atoms with E-state index < -0.39 is 12.8 Å². The smallest absolute Gasteiger partial charge is 0.392 e. The minimum Gasteiger partial charge on any atom is -0.392 e. The maximum Gasteiger partial charge on any atom is 0.411 e. The molecular formula is C14H18F3NO3. The van der Waals surface area contributed by atoms with Crippen molar-refractivity contribution in [3.63, 3.8) is 0 Å². The van der Waals surface area contributed by atoms with Gasteiger partial charge in [0.25, 0.3) is 0 Å². The van der Waals surface area contributed by atoms with Gasteiger partial charge in [0.05, 0.1) is 13.2 Å². The molecule has 21 heavy (non-hydrogen) atoms. The van der Waals surface area contributed by atoms with E-state index in [1.54, 1.807) is 12.1 Å². The fraction of sp³-hybridized carbons (Fsp3) is 0.500. The highest BCUT2D eigenvalue weighted by atomic mass is 19.4. The molecule has 0 aliphatic carbocycles. The van der Waals surface area contributed by atoms with Gasteiger partial charge in [0.1, 0.15) is 6.61 Å². The van der Waals surface area contributed by atoms with E-state index in [9.17, 15) is 18.0 Å². The van der Waals surface area contributed by atoms with Gasteiger partial charge in [0, 0.05) is 13.0 Å². The fourth-order valence-electron chi connectivity index (χ4n) is 1.61. The summed E-state index contributed by atoms with van der Waals surface area (Å²) in [4.78, 5) is 11.5. The third-order valence-electron chi connectivity index (χ3n) is 2.68. The van der Waals surface area contributed by atoms with E-state index >= 15 is 0 Å². The SMILES string of the molecule is O=C(CCc1ccc(CO)cc1)NCCOCC(F)(F)F. The molecule has 0 heterocycles. The molecule has 1 aromatic carbocycles. The van der Waals surface area contributed by atoms with Crippen LogP contribution in [0.2, 0.25) is 0 Å². The molecule has 0 fully saturated rings. The van der Waals surface area contributed by atoms with E-state index in [0.29, 0.717) is 6.42 Å². The molecular weight excluding hydrogens is 287 g/mol. The van der Waals surface area contributed by atoms with Crippen LogP contribution in [0.1, 0.15) is 17.5 Å². The molecule has 0 saturated heterocycles. The number of amides is 1. The number of aryl methyl sites for hydroxylation is 1. The number of benzene rings is 1. The van der Waals surface area contributed by atoms with Crippen molar-refractivity contribution in [2.75, 3.05) is 19.8 Å². The summed E-state index contributed by atoms with van der Waals surface area (Å²) in [5.74, 6) is -0.239. The number of carbonyl (C=O) groups excluding carboxylic acids is 1. The number of aliphatic hydroxyl groups is 1. The van der Waals surface area contributed by atoms with E-state index in [-0.39, 0.29) is 32.1 Å². The Balaban J connectivity index is 2.13. The Morgan fingerprint density at radius 3 is 2.38 bits per heavy atom. The minimum atomic E-state index is -4.34. The second-order valence-corrected chi connectivity index (χ2v) is 4.49. The summed E-state index contributed by atoms with van der Waals surface area (Å²) in [5.41, 5.74) is 1.75. The summed E-state index contributed by atoms with van der Waals surface area (Å²) >= 11 is 0. The second-order valence-electron chi connectivity index (χ2n) is 4.49. The van der Waals surface area contributed by atoms with Gasteiger partial charge in [-0.3, -0.25) is 4.79 Å². The number of hydrogen-bond donors (Lipinski definition) is 2. The first-order valence-electron chi connectivity index (χ1n) is 6.50. The molecule has 1 aromatic rings. The molecule has 1 rings (SSSR count). The van der Waals surface area contributed by atoms with Crippen LogP contribution in [0, 0.1) is 0 Å². The lowest BCUT2D eigenvalue weighted by atomic mass is 10.1. The van der Waals surface area contributed by atoms with E-state index in [2.05, 4.69) is 10.1 Å². The molecule has 0 bridgehead atoms. The largest absolute Gasteiger partial charge is 0.411 e. The highest BCUT2D eigenvalue weighted by molar-refractivity contribution is 5.76. The van der Waals surface area contributed by atoms with Crippen molar-refractivity contribution in [2.45, 2.75) is 25.6 Å². The van der Waals surface area contributed by atoms with Gasteiger partial charge >= 0.3 is 6.18 Å². The summed E-state index contributed by atoms with van der Waals surface area (Å²) in [6.45, 7) is -1.45. The van der Waals surface area contributed by atoms with Gasteiger partial charge in [0.15, 0.2) is 0 Å². The van der Waals surface area contributed by atoms with Gasteiger partial charge in [-0.2, -0.15) is 13.2 Å². The average molecular weight is 305 g/mol. The van der Waals surface area contributed by atoms with Gasteiger partial charge in [-0.05, 0) is 17.5 Å². The Hall–Kier alpha value is -1.60. The van der Waals surface area contributed by atoms with Crippen molar-refractivity contribution in [3.05, 3.63) is 35.4 Å². The zero-order chi connectivity index (χ0) is 15.7. The number of carbonyl (C=O) groups is 1. The number of aliphatic hydroxyl groups excluding tert-OH is 1. The molecule has 118 valence electrons. The molecule has 0 unspecified atom stereocenters. The quantitative estimate of drug-likeness (QED) is 0.720. The van der Waals surface area contributed by atoms with Crippen molar-refractivity contribution in [2.24, 2.45) is 0 Å². The number of rotatable bonds is 8. The summed E-state index contributed by atoms with van der Waals surface area (Å²) in [7, 11) is 0. The first-order chi connectivity index (χ1) is 9.90. The van der Waals surface area contributed by atoms with Gasteiger partial charge in [-0.15, -0.1) is 0 Å². The van der Waals surface area contributed by atoms with Gasteiger partial charge in [-0.25, -0.2) is 0 Å². The van der Waals surface area contributed by atoms with Crippen molar-refractivity contribution in [1.29, 1.82) is 0 Å². The van der Waals surface area contributed by atoms with Crippen LogP contribution in [0.3, 0.4) is 0 Å². The van der Waals surface area contributed by atoms with Crippen LogP contribution < -0.4 is 5.32 Å². The third kappa shape index (κ3) is 8.31. The summed E-state index contributed by atoms with van der Waals surface area (Å²) < 4.78 is 39.7. The standard InChI is InChI=1S/C14H18F3NO3/c15-14(16,17)10-21-8-7-18-13(20)6-5-11-1-3-12(9-19)4-2-11/h1-4,19H,5-10H2,(H,18,20). The van der Waals surface area contributed by atoms with Crippen molar-refractivity contribution in [3.8, 4) is 0 Å². The number of halogens is 3. The number of nitrogens with one attached hydrogen (secondary N) is 1. The Kier molecular flexibility index (Phi) is 7.18. The van der Waals surface area contributed by atoms with Gasteiger partial charge in [-0.1, -0.05) is 24.3 Å². The predicted octanol–water partition coefficient (Wildman–Crippen LogP) is 1.81. The molecule has 0 radical (unpaired) electrons. The lowest BCUT2D eigenvalue weighted by Crippen LogP contribution is -2.29. The molecule has 0 spiro atoms. The summed E-state index contributed by atoms with van der Waals surface area (Å²) in [6, 6.07) is 7.20. The zero-order valence-electron chi connectivity index (χ0n) is 11.4. The molecule has 0 saturated carbocycles. The fourth-order valence-corrected chi connectivity index (χ4v) is 1.61. The summed E-state index contributed by atoms with van der Waals surface area (Å²) in [5, 5.41) is 11.4. The first-order valence-corrected chi connectivity index (χ1v) is 6.50. The Bertz CT molecular complexity index is 432. The molecule has 2 N–H and O–H groups in total. The molecule has 0 aromatic heterocycles. The van der Waals surface area contributed by atoms with Crippen LogP contribution in [-0.4, -0.2) is 36.9 Å². The van der Waals surface area contributed by atoms with Crippen molar-refractivity contribution >= 4 is 5.91 Å². The average Bonchev–Trinajstić information content (AvgIpc) is 2.44. The minimum absolute atomic E-state index is 0.0291. The predicted molar refractivity (Wildman–Crippen MR) is 70.6 cm³/mol. The summed E-state index contributed by atoms with van der Waals surface area (Å²) in [6.07, 6.45) is -3.57. The Morgan fingerprint density at radius 1 is 1.19 bits per heavy atom. The van der Waals surface area contributed by atoms with Crippen LogP contribution in [0.15, 0.2) is 24.3 Å². The van der Waals surface area contributed by atoms with Crippen LogP contribution >= 0.6 is 0 Å². The molecule has 0 atom stereocenters. The number of hydrogen-bond acceptors (Lipinski definition) is 3. The van der Waals surface area contributed by atoms with Crippen molar-refractivity contribution < 1.29 is 27.8 Å². The normalized spacial score (nSPS) is 11.4. The lowest BCUT2D eigenvalue weighted by Gasteiger charge is -2.08. The second kappa shape index (κ2) is 8.63. The Morgan fingerprint density at radius 2 is 1.81 bits per heavy atom. The maximum atomic E-state index is 11.8. The maximum absolute atomic E-state index is 11.8. The Labute approximate surface area is 120 Å². The highest BCUT2D eigenvalue weighted by Gasteiger charge is 2.27. The number of alkyl halides is 3. The van der Waals surface area contributed by atoms with Crippen molar-refractivity contribution in [1.82, 2.24) is 5.32 Å². The van der Waals surface area contributed by atoms with E-state index in [4.69, 9.17) is 5.11 Å². The van der Waals surface area contributed by atoms with E-state index in [1.807, 2.05) is 12.1 Å². The van der Waals surface area contributed by atoms with Crippen LogP contribution in [0.25, 0.3) is 0 Å². The van der Waals surface area contributed by atoms with E-state index in [0.717, 1.165) is 11.1 Å². The highest BCUT2D eigenvalue weighted by Crippen LogP contribution is 2.13. The topological polar surface area (TPSA) is 58.6 Å². The van der Waals surface area contributed by atoms with Crippen LogP contribution in [0.4, 0.5) is 13.2 Å². The van der Waals surface area contributed by atoms with Gasteiger partial charge < -0.3 is 15.2 Å². The molecule has 0 aliphatic heterocycles. The van der Waals surface area contributed by atoms with Crippen LogP contribution in [-0.2, 0) is 22.6 Å². The number of ether oxygens (including phenoxy) is 1. The molecule has 7 heteroatoms. The molecule has 0 aliphatic rings. The zero-order valence-corrected chi connectivity index (χ0v) is 11.4. The molecule has 4 nitrogen and oxygen atoms in total. The third-order valence-corrected chi connectivity index (χ3v) is 2.68. The lowest BCUT2D eigenvalue weighted by molar-refractivity contribution is -0.173. The van der Waals surface area contributed by atoms with Crippen LogP contribution in [0.5, 0.6) is 0 Å². The monoisotopic (exact) mass is 305 g/mol. The van der Waals surface area contributed by atoms with E-state index in [1.165, 1.54) is 0 Å². The van der Waals surface area contributed by atoms with Gasteiger partial charge in [0.2, 0.25) is 5.91 Å². The first kappa shape index (κ1) is 17.5.